The SMILES string of the molecule is N#Cc1cncc2c1O[C@H]1C[C@@H]2N(C(=O)C23CCCC2C3)C1. The molecule has 0 N–H and O–H groups in total. The lowest BCUT2D eigenvalue weighted by Gasteiger charge is -2.29. The molecule has 2 bridgehead atoms. The summed E-state index contributed by atoms with van der Waals surface area (Å²) in [6, 6.07) is 2.19. The van der Waals surface area contributed by atoms with Crippen LogP contribution in [0.5, 0.6) is 5.75 Å². The third-order valence-corrected chi connectivity index (χ3v) is 6.05. The molecule has 0 aromatic carbocycles. The zero-order valence-corrected chi connectivity index (χ0v) is 12.3. The monoisotopic (exact) mass is 295 g/mol. The van der Waals surface area contributed by atoms with Crippen molar-refractivity contribution in [3.63, 3.8) is 0 Å². The molecule has 2 aliphatic heterocycles. The van der Waals surface area contributed by atoms with E-state index in [4.69, 9.17) is 4.74 Å². The van der Waals surface area contributed by atoms with Gasteiger partial charge >= 0.3 is 0 Å². The van der Waals surface area contributed by atoms with Crippen molar-refractivity contribution in [2.24, 2.45) is 11.3 Å². The Balaban J connectivity index is 1.53. The molecule has 1 amide bonds. The van der Waals surface area contributed by atoms with E-state index in [9.17, 15) is 10.1 Å². The van der Waals surface area contributed by atoms with Crippen molar-refractivity contribution in [3.8, 4) is 11.8 Å². The van der Waals surface area contributed by atoms with Crippen LogP contribution in [0.15, 0.2) is 12.4 Å². The highest BCUT2D eigenvalue weighted by atomic mass is 16.5. The number of carbonyl (C=O) groups excluding carboxylic acids is 1. The van der Waals surface area contributed by atoms with Gasteiger partial charge < -0.3 is 9.64 Å². The maximum Gasteiger partial charge on any atom is 0.229 e. The molecule has 4 aliphatic rings. The number of ether oxygens (including phenoxy) is 1. The number of hydrogen-bond acceptors (Lipinski definition) is 4. The molecule has 0 spiro atoms. The Labute approximate surface area is 128 Å². The topological polar surface area (TPSA) is 66.2 Å². The molecule has 22 heavy (non-hydrogen) atoms. The van der Waals surface area contributed by atoms with Crippen LogP contribution in [0.4, 0.5) is 0 Å². The molecule has 112 valence electrons. The molecule has 2 saturated carbocycles. The number of amides is 1. The molecule has 1 saturated heterocycles. The average molecular weight is 295 g/mol. The van der Waals surface area contributed by atoms with Crippen LogP contribution in [0.25, 0.3) is 0 Å². The van der Waals surface area contributed by atoms with Gasteiger partial charge in [-0.05, 0) is 25.2 Å². The number of aromatic nitrogens is 1. The third-order valence-electron chi connectivity index (χ3n) is 6.05. The van der Waals surface area contributed by atoms with Crippen molar-refractivity contribution in [2.45, 2.75) is 44.2 Å². The van der Waals surface area contributed by atoms with E-state index in [1.165, 1.54) is 12.8 Å². The lowest BCUT2D eigenvalue weighted by molar-refractivity contribution is -0.138. The summed E-state index contributed by atoms with van der Waals surface area (Å²) in [5, 5.41) is 9.23. The zero-order valence-electron chi connectivity index (χ0n) is 12.3. The molecule has 4 atom stereocenters. The first-order valence-electron chi connectivity index (χ1n) is 8.09. The largest absolute Gasteiger partial charge is 0.487 e. The quantitative estimate of drug-likeness (QED) is 0.796. The molecule has 1 aromatic rings. The predicted octanol–water partition coefficient (Wildman–Crippen LogP) is 2.18. The molecular formula is C17H17N3O2. The molecule has 5 heteroatoms. The summed E-state index contributed by atoms with van der Waals surface area (Å²) >= 11 is 0. The summed E-state index contributed by atoms with van der Waals surface area (Å²) in [5.74, 6) is 1.58. The summed E-state index contributed by atoms with van der Waals surface area (Å²) in [5.41, 5.74) is 1.33. The van der Waals surface area contributed by atoms with Crippen LogP contribution in [-0.4, -0.2) is 28.4 Å². The Bertz CT molecular complexity index is 725. The van der Waals surface area contributed by atoms with Gasteiger partial charge in [0.2, 0.25) is 5.91 Å². The van der Waals surface area contributed by atoms with E-state index in [0.29, 0.717) is 29.7 Å². The van der Waals surface area contributed by atoms with Crippen molar-refractivity contribution in [2.75, 3.05) is 6.54 Å². The number of carbonyl (C=O) groups is 1. The predicted molar refractivity (Wildman–Crippen MR) is 76.8 cm³/mol. The Morgan fingerprint density at radius 3 is 3.14 bits per heavy atom. The van der Waals surface area contributed by atoms with Gasteiger partial charge in [0.1, 0.15) is 23.5 Å². The molecule has 2 unspecified atom stereocenters. The highest BCUT2D eigenvalue weighted by Gasteiger charge is 2.64. The van der Waals surface area contributed by atoms with Crippen molar-refractivity contribution in [1.82, 2.24) is 9.88 Å². The smallest absolute Gasteiger partial charge is 0.229 e. The van der Waals surface area contributed by atoms with Crippen LogP contribution < -0.4 is 4.74 Å². The van der Waals surface area contributed by atoms with E-state index < -0.39 is 0 Å². The fourth-order valence-corrected chi connectivity index (χ4v) is 4.87. The van der Waals surface area contributed by atoms with Gasteiger partial charge in [-0.15, -0.1) is 0 Å². The van der Waals surface area contributed by atoms with E-state index in [0.717, 1.165) is 24.8 Å². The van der Waals surface area contributed by atoms with Gasteiger partial charge in [0.15, 0.2) is 0 Å². The van der Waals surface area contributed by atoms with E-state index >= 15 is 0 Å². The molecule has 5 nitrogen and oxygen atoms in total. The van der Waals surface area contributed by atoms with E-state index in [1.807, 2.05) is 4.90 Å². The van der Waals surface area contributed by atoms with E-state index in [1.54, 1.807) is 12.4 Å². The Morgan fingerprint density at radius 2 is 2.41 bits per heavy atom. The fourth-order valence-electron chi connectivity index (χ4n) is 4.87. The molecule has 2 aliphatic carbocycles. The van der Waals surface area contributed by atoms with Gasteiger partial charge in [-0.1, -0.05) is 6.42 Å². The van der Waals surface area contributed by atoms with E-state index in [2.05, 4.69) is 11.1 Å². The summed E-state index contributed by atoms with van der Waals surface area (Å²) < 4.78 is 5.98. The Kier molecular flexibility index (Phi) is 2.27. The standard InChI is InChI=1S/C17H17N3O2/c18-6-10-7-19-8-13-14-4-12(22-15(10)13)9-20(14)16(21)17-3-1-2-11(17)5-17/h7-8,11-12,14H,1-5,9H2/t11?,12-,14-,17?/m0/s1. The van der Waals surface area contributed by atoms with Gasteiger partial charge in [0.25, 0.3) is 0 Å². The molecule has 3 heterocycles. The second-order valence-electron chi connectivity index (χ2n) is 7.12. The van der Waals surface area contributed by atoms with Gasteiger partial charge in [-0.25, -0.2) is 0 Å². The number of nitrogens with zero attached hydrogens (tertiary/aromatic N) is 3. The fraction of sp³-hybridized carbons (Fsp3) is 0.588. The normalized spacial score (nSPS) is 37.0. The van der Waals surface area contributed by atoms with Crippen LogP contribution in [0.3, 0.4) is 0 Å². The van der Waals surface area contributed by atoms with E-state index in [-0.39, 0.29) is 17.6 Å². The number of pyridine rings is 1. The number of hydrogen-bond donors (Lipinski definition) is 0. The maximum absolute atomic E-state index is 13.1. The maximum atomic E-state index is 13.1. The first kappa shape index (κ1) is 12.5. The highest BCUT2D eigenvalue weighted by molar-refractivity contribution is 5.87. The minimum Gasteiger partial charge on any atom is -0.487 e. The number of fused-ring (bicyclic) bond motifs is 5. The lowest BCUT2D eigenvalue weighted by Crippen LogP contribution is -2.37. The van der Waals surface area contributed by atoms with Crippen LogP contribution in [-0.2, 0) is 4.79 Å². The van der Waals surface area contributed by atoms with Gasteiger partial charge in [0.05, 0.1) is 18.0 Å². The third kappa shape index (κ3) is 1.43. The first-order chi connectivity index (χ1) is 10.7. The number of likely N-dealkylation sites (tertiary alicyclic amines) is 1. The highest BCUT2D eigenvalue weighted by Crippen LogP contribution is 2.65. The second kappa shape index (κ2) is 4.01. The summed E-state index contributed by atoms with van der Waals surface area (Å²) in [7, 11) is 0. The van der Waals surface area contributed by atoms with Crippen molar-refractivity contribution in [1.29, 1.82) is 5.26 Å². The number of nitriles is 1. The lowest BCUT2D eigenvalue weighted by atomic mass is 9.97. The van der Waals surface area contributed by atoms with Crippen LogP contribution in [0, 0.1) is 22.7 Å². The Hall–Kier alpha value is -2.09. The van der Waals surface area contributed by atoms with Crippen LogP contribution in [0.2, 0.25) is 0 Å². The molecule has 5 rings (SSSR count). The van der Waals surface area contributed by atoms with Crippen LogP contribution >= 0.6 is 0 Å². The van der Waals surface area contributed by atoms with Crippen molar-refractivity contribution in [3.05, 3.63) is 23.5 Å². The van der Waals surface area contributed by atoms with Gasteiger partial charge in [-0.2, -0.15) is 5.26 Å². The van der Waals surface area contributed by atoms with Crippen molar-refractivity contribution < 1.29 is 9.53 Å². The van der Waals surface area contributed by atoms with Gasteiger partial charge in [0, 0.05) is 24.4 Å². The molecule has 3 fully saturated rings. The minimum atomic E-state index is -0.0576. The number of rotatable bonds is 1. The summed E-state index contributed by atoms with van der Waals surface area (Å²) in [6.45, 7) is 0.650. The first-order valence-corrected chi connectivity index (χ1v) is 8.09. The van der Waals surface area contributed by atoms with Crippen LogP contribution in [0.1, 0.15) is 49.3 Å². The van der Waals surface area contributed by atoms with Gasteiger partial charge in [-0.3, -0.25) is 9.78 Å². The molecule has 1 aromatic heterocycles. The Morgan fingerprint density at radius 1 is 1.50 bits per heavy atom. The summed E-state index contributed by atoms with van der Waals surface area (Å²) in [4.78, 5) is 19.3. The molecule has 0 radical (unpaired) electrons. The zero-order chi connectivity index (χ0) is 14.9. The summed E-state index contributed by atoms with van der Waals surface area (Å²) in [6.07, 6.45) is 8.67. The minimum absolute atomic E-state index is 0.0194. The molecular weight excluding hydrogens is 278 g/mol. The second-order valence-corrected chi connectivity index (χ2v) is 7.12. The average Bonchev–Trinajstić information content (AvgIpc) is 2.94. The van der Waals surface area contributed by atoms with Crippen molar-refractivity contribution >= 4 is 5.91 Å².